The van der Waals surface area contributed by atoms with Crippen LogP contribution in [0.1, 0.15) is 27.7 Å². The standard InChI is InChI=1S/C9H20N2O/c1-7(2)10-8(12)9(3,4)11(5)6/h7H,1-6H3,(H,10,12). The highest BCUT2D eigenvalue weighted by atomic mass is 16.2. The smallest absolute Gasteiger partial charge is 0.240 e. The summed E-state index contributed by atoms with van der Waals surface area (Å²) in [6, 6.07) is 0.205. The second-order valence-corrected chi connectivity index (χ2v) is 4.08. The molecule has 0 bridgehead atoms. The van der Waals surface area contributed by atoms with E-state index in [0.29, 0.717) is 0 Å². The number of carbonyl (C=O) groups is 1. The van der Waals surface area contributed by atoms with Crippen molar-refractivity contribution in [2.45, 2.75) is 39.3 Å². The second-order valence-electron chi connectivity index (χ2n) is 4.08. The molecule has 3 nitrogen and oxygen atoms in total. The molecular weight excluding hydrogens is 152 g/mol. The monoisotopic (exact) mass is 172 g/mol. The third-order valence-corrected chi connectivity index (χ3v) is 2.09. The molecule has 0 aliphatic heterocycles. The highest BCUT2D eigenvalue weighted by molar-refractivity contribution is 5.85. The molecule has 0 spiro atoms. The maximum absolute atomic E-state index is 11.6. The Hall–Kier alpha value is -0.570. The molecule has 0 aromatic rings. The molecule has 0 rings (SSSR count). The maximum Gasteiger partial charge on any atom is 0.240 e. The summed E-state index contributed by atoms with van der Waals surface area (Å²) >= 11 is 0. The van der Waals surface area contributed by atoms with Crippen LogP contribution in [0.5, 0.6) is 0 Å². The summed E-state index contributed by atoms with van der Waals surface area (Å²) in [4.78, 5) is 13.5. The van der Waals surface area contributed by atoms with Crippen LogP contribution in [-0.2, 0) is 4.79 Å². The Kier molecular flexibility index (Phi) is 3.71. The zero-order chi connectivity index (χ0) is 9.94. The van der Waals surface area contributed by atoms with Gasteiger partial charge in [0.1, 0.15) is 0 Å². The molecule has 0 unspecified atom stereocenters. The Balaban J connectivity index is 4.26. The Bertz CT molecular complexity index is 162. The fourth-order valence-electron chi connectivity index (χ4n) is 0.642. The van der Waals surface area contributed by atoms with Crippen molar-refractivity contribution in [2.75, 3.05) is 14.1 Å². The van der Waals surface area contributed by atoms with E-state index in [-0.39, 0.29) is 11.9 Å². The van der Waals surface area contributed by atoms with Gasteiger partial charge in [-0.1, -0.05) is 0 Å². The summed E-state index contributed by atoms with van der Waals surface area (Å²) in [5, 5.41) is 2.88. The third-order valence-electron chi connectivity index (χ3n) is 2.09. The first-order valence-corrected chi connectivity index (χ1v) is 4.27. The van der Waals surface area contributed by atoms with Gasteiger partial charge in [-0.25, -0.2) is 0 Å². The quantitative estimate of drug-likeness (QED) is 0.684. The highest BCUT2D eigenvalue weighted by Gasteiger charge is 2.29. The summed E-state index contributed by atoms with van der Waals surface area (Å²) in [6.07, 6.45) is 0. The van der Waals surface area contributed by atoms with Crippen LogP contribution in [0.4, 0.5) is 0 Å². The van der Waals surface area contributed by atoms with Gasteiger partial charge in [-0.3, -0.25) is 9.69 Å². The molecule has 0 saturated carbocycles. The Labute approximate surface area is 75.1 Å². The number of nitrogens with zero attached hydrogens (tertiary/aromatic N) is 1. The molecule has 0 aromatic heterocycles. The van der Waals surface area contributed by atoms with Gasteiger partial charge in [0.05, 0.1) is 5.54 Å². The van der Waals surface area contributed by atoms with Crippen LogP contribution in [0.3, 0.4) is 0 Å². The molecule has 12 heavy (non-hydrogen) atoms. The minimum atomic E-state index is -0.426. The fraction of sp³-hybridized carbons (Fsp3) is 0.889. The SMILES string of the molecule is CC(C)NC(=O)C(C)(C)N(C)C. The summed E-state index contributed by atoms with van der Waals surface area (Å²) in [7, 11) is 3.81. The lowest BCUT2D eigenvalue weighted by atomic mass is 10.0. The lowest BCUT2D eigenvalue weighted by molar-refractivity contribution is -0.130. The molecular formula is C9H20N2O. The molecule has 0 aliphatic rings. The second kappa shape index (κ2) is 3.90. The summed E-state index contributed by atoms with van der Waals surface area (Å²) < 4.78 is 0. The molecule has 1 amide bonds. The molecule has 0 radical (unpaired) electrons. The number of hydrogen-bond donors (Lipinski definition) is 1. The molecule has 0 aliphatic carbocycles. The Morgan fingerprint density at radius 3 is 2.00 bits per heavy atom. The minimum Gasteiger partial charge on any atom is -0.352 e. The van der Waals surface area contributed by atoms with E-state index in [9.17, 15) is 4.79 Å². The van der Waals surface area contributed by atoms with Gasteiger partial charge in [0.15, 0.2) is 0 Å². The maximum atomic E-state index is 11.6. The average molecular weight is 172 g/mol. The highest BCUT2D eigenvalue weighted by Crippen LogP contribution is 2.09. The van der Waals surface area contributed by atoms with Crippen molar-refractivity contribution >= 4 is 5.91 Å². The molecule has 1 N–H and O–H groups in total. The van der Waals surface area contributed by atoms with E-state index in [1.54, 1.807) is 0 Å². The van der Waals surface area contributed by atoms with Crippen molar-refractivity contribution in [3.8, 4) is 0 Å². The van der Waals surface area contributed by atoms with Crippen LogP contribution in [0.15, 0.2) is 0 Å². The van der Waals surface area contributed by atoms with Crippen molar-refractivity contribution in [1.82, 2.24) is 10.2 Å². The number of carbonyl (C=O) groups excluding carboxylic acids is 1. The number of hydrogen-bond acceptors (Lipinski definition) is 2. The van der Waals surface area contributed by atoms with E-state index in [4.69, 9.17) is 0 Å². The predicted octanol–water partition coefficient (Wildman–Crippen LogP) is 0.851. The van der Waals surface area contributed by atoms with E-state index in [2.05, 4.69) is 5.32 Å². The molecule has 3 heteroatoms. The Morgan fingerprint density at radius 2 is 1.75 bits per heavy atom. The first kappa shape index (κ1) is 11.4. The predicted molar refractivity (Wildman–Crippen MR) is 51.0 cm³/mol. The van der Waals surface area contributed by atoms with Gasteiger partial charge in [-0.05, 0) is 41.8 Å². The first-order valence-electron chi connectivity index (χ1n) is 4.27. The summed E-state index contributed by atoms with van der Waals surface area (Å²) in [6.45, 7) is 7.74. The molecule has 0 heterocycles. The van der Waals surface area contributed by atoms with Crippen LogP contribution >= 0.6 is 0 Å². The fourth-order valence-corrected chi connectivity index (χ4v) is 0.642. The number of likely N-dealkylation sites (N-methyl/N-ethyl adjacent to an activating group) is 1. The van der Waals surface area contributed by atoms with Crippen LogP contribution in [-0.4, -0.2) is 36.5 Å². The molecule has 72 valence electrons. The molecule has 0 atom stereocenters. The number of amides is 1. The number of rotatable bonds is 3. The molecule has 0 aromatic carbocycles. The zero-order valence-electron chi connectivity index (χ0n) is 8.93. The van der Waals surface area contributed by atoms with Crippen LogP contribution < -0.4 is 5.32 Å². The van der Waals surface area contributed by atoms with E-state index in [1.165, 1.54) is 0 Å². The third kappa shape index (κ3) is 2.81. The van der Waals surface area contributed by atoms with Crippen molar-refractivity contribution in [3.05, 3.63) is 0 Å². The van der Waals surface area contributed by atoms with E-state index in [0.717, 1.165) is 0 Å². The van der Waals surface area contributed by atoms with E-state index in [1.807, 2.05) is 46.7 Å². The lowest BCUT2D eigenvalue weighted by Crippen LogP contribution is -2.53. The van der Waals surface area contributed by atoms with Crippen molar-refractivity contribution in [1.29, 1.82) is 0 Å². The minimum absolute atomic E-state index is 0.0718. The van der Waals surface area contributed by atoms with Crippen LogP contribution in [0, 0.1) is 0 Å². The average Bonchev–Trinajstić information content (AvgIpc) is 1.85. The van der Waals surface area contributed by atoms with Gasteiger partial charge in [-0.15, -0.1) is 0 Å². The van der Waals surface area contributed by atoms with Crippen molar-refractivity contribution in [2.24, 2.45) is 0 Å². The summed E-state index contributed by atoms with van der Waals surface area (Å²) in [5.74, 6) is 0.0718. The van der Waals surface area contributed by atoms with Crippen LogP contribution in [0.25, 0.3) is 0 Å². The first-order chi connectivity index (χ1) is 5.28. The molecule has 0 saturated heterocycles. The van der Waals surface area contributed by atoms with Gasteiger partial charge in [-0.2, -0.15) is 0 Å². The van der Waals surface area contributed by atoms with Crippen molar-refractivity contribution < 1.29 is 4.79 Å². The Morgan fingerprint density at radius 1 is 1.33 bits per heavy atom. The van der Waals surface area contributed by atoms with Gasteiger partial charge in [0, 0.05) is 6.04 Å². The largest absolute Gasteiger partial charge is 0.352 e. The van der Waals surface area contributed by atoms with Gasteiger partial charge in [0.2, 0.25) is 5.91 Å². The van der Waals surface area contributed by atoms with Crippen LogP contribution in [0.2, 0.25) is 0 Å². The van der Waals surface area contributed by atoms with Gasteiger partial charge < -0.3 is 5.32 Å². The summed E-state index contributed by atoms with van der Waals surface area (Å²) in [5.41, 5.74) is -0.426. The molecule has 0 fully saturated rings. The van der Waals surface area contributed by atoms with Crippen molar-refractivity contribution in [3.63, 3.8) is 0 Å². The zero-order valence-corrected chi connectivity index (χ0v) is 8.93. The van der Waals surface area contributed by atoms with Gasteiger partial charge in [0.25, 0.3) is 0 Å². The normalized spacial score (nSPS) is 12.3. The van der Waals surface area contributed by atoms with Gasteiger partial charge >= 0.3 is 0 Å². The van der Waals surface area contributed by atoms with E-state index < -0.39 is 5.54 Å². The topological polar surface area (TPSA) is 32.3 Å². The number of nitrogens with one attached hydrogen (secondary N) is 1. The van der Waals surface area contributed by atoms with E-state index >= 15 is 0 Å². The lowest BCUT2D eigenvalue weighted by Gasteiger charge is -2.31.